The number of halogens is 2. The highest BCUT2D eigenvalue weighted by atomic mass is 19.3. The average Bonchev–Trinajstić information content (AvgIpc) is 3.30. The Bertz CT molecular complexity index is 1090. The lowest BCUT2D eigenvalue weighted by atomic mass is 10.2. The minimum absolute atomic E-state index is 0.0329. The summed E-state index contributed by atoms with van der Waals surface area (Å²) in [4.78, 5) is 23.5. The number of anilines is 1. The quantitative estimate of drug-likeness (QED) is 0.579. The smallest absolute Gasteiger partial charge is 0.324 e. The molecule has 0 bridgehead atoms. The number of alkyl halides is 2. The molecule has 33 heavy (non-hydrogen) atoms. The van der Waals surface area contributed by atoms with Crippen LogP contribution in [0.4, 0.5) is 19.3 Å². The molecule has 1 aromatic carbocycles. The zero-order valence-corrected chi connectivity index (χ0v) is 18.8. The van der Waals surface area contributed by atoms with Crippen LogP contribution in [0.25, 0.3) is 11.5 Å². The molecule has 1 saturated heterocycles. The molecule has 3 aromatic rings. The first-order valence-corrected chi connectivity index (χ1v) is 10.7. The molecule has 4 rings (SSSR count). The van der Waals surface area contributed by atoms with Crippen LogP contribution in [0, 0.1) is 6.92 Å². The number of pyridine rings is 1. The number of nitrogens with zero attached hydrogens (tertiary/aromatic N) is 6. The van der Waals surface area contributed by atoms with Gasteiger partial charge in [-0.2, -0.15) is 8.78 Å². The van der Waals surface area contributed by atoms with E-state index in [4.69, 9.17) is 4.42 Å². The van der Waals surface area contributed by atoms with Gasteiger partial charge in [0.15, 0.2) is 0 Å². The summed E-state index contributed by atoms with van der Waals surface area (Å²) in [6, 6.07) is 11.1. The zero-order chi connectivity index (χ0) is 23.6. The van der Waals surface area contributed by atoms with Crippen LogP contribution in [-0.2, 0) is 12.5 Å². The number of amides is 2. The molecule has 2 aromatic heterocycles. The lowest BCUT2D eigenvalue weighted by molar-refractivity contribution is -0.0105. The fourth-order valence-electron chi connectivity index (χ4n) is 3.49. The second-order valence-electron chi connectivity index (χ2n) is 8.33. The SMILES string of the molecule is Cc1ccc(N(Cc2ccc(-c3nnc(C(C)(F)F)o3)cn2)C(=O)N2CCN(C)CC2)cc1. The summed E-state index contributed by atoms with van der Waals surface area (Å²) in [7, 11) is 2.04. The number of likely N-dealkylation sites (N-methyl/N-ethyl adjacent to an activating group) is 1. The highest BCUT2D eigenvalue weighted by Crippen LogP contribution is 2.28. The Morgan fingerprint density at radius 3 is 2.36 bits per heavy atom. The summed E-state index contributed by atoms with van der Waals surface area (Å²) < 4.78 is 31.8. The first-order chi connectivity index (χ1) is 15.7. The van der Waals surface area contributed by atoms with Gasteiger partial charge in [-0.15, -0.1) is 10.2 Å². The number of carbonyl (C=O) groups excluding carboxylic acids is 1. The molecule has 8 nitrogen and oxygen atoms in total. The predicted molar refractivity (Wildman–Crippen MR) is 119 cm³/mol. The van der Waals surface area contributed by atoms with Gasteiger partial charge in [0.2, 0.25) is 5.89 Å². The Hall–Kier alpha value is -3.40. The Morgan fingerprint density at radius 1 is 1.09 bits per heavy atom. The van der Waals surface area contributed by atoms with Crippen molar-refractivity contribution in [1.82, 2.24) is 25.0 Å². The topological polar surface area (TPSA) is 78.6 Å². The standard InChI is InChI=1S/C23H26F2N6O2/c1-16-4-8-19(9-5-16)31(22(32)30-12-10-29(3)11-13-30)15-18-7-6-17(14-26-18)20-27-28-21(33-20)23(2,24)25/h4-9,14H,10-13,15H2,1-3H3. The van der Waals surface area contributed by atoms with E-state index in [1.165, 1.54) is 6.20 Å². The van der Waals surface area contributed by atoms with Crippen molar-refractivity contribution < 1.29 is 18.0 Å². The van der Waals surface area contributed by atoms with Crippen LogP contribution in [0.3, 0.4) is 0 Å². The molecule has 0 saturated carbocycles. The van der Waals surface area contributed by atoms with Crippen molar-refractivity contribution in [3.63, 3.8) is 0 Å². The van der Waals surface area contributed by atoms with Gasteiger partial charge in [-0.3, -0.25) is 9.88 Å². The van der Waals surface area contributed by atoms with E-state index in [9.17, 15) is 13.6 Å². The molecule has 0 spiro atoms. The van der Waals surface area contributed by atoms with Gasteiger partial charge < -0.3 is 14.2 Å². The molecule has 10 heteroatoms. The Kier molecular flexibility index (Phi) is 6.37. The molecular formula is C23H26F2N6O2. The Balaban J connectivity index is 1.55. The number of hydrogen-bond donors (Lipinski definition) is 0. The maximum atomic E-state index is 13.4. The van der Waals surface area contributed by atoms with Gasteiger partial charge in [0.05, 0.1) is 17.8 Å². The summed E-state index contributed by atoms with van der Waals surface area (Å²) in [6.07, 6.45) is 1.48. The van der Waals surface area contributed by atoms with Gasteiger partial charge in [0, 0.05) is 45.0 Å². The molecule has 0 unspecified atom stereocenters. The highest BCUT2D eigenvalue weighted by Gasteiger charge is 2.32. The lowest BCUT2D eigenvalue weighted by Gasteiger charge is -2.36. The van der Waals surface area contributed by atoms with Gasteiger partial charge in [-0.05, 0) is 38.2 Å². The van der Waals surface area contributed by atoms with Crippen molar-refractivity contribution in [1.29, 1.82) is 0 Å². The van der Waals surface area contributed by atoms with E-state index in [-0.39, 0.29) is 18.5 Å². The molecule has 0 radical (unpaired) electrons. The average molecular weight is 456 g/mol. The van der Waals surface area contributed by atoms with Crippen LogP contribution < -0.4 is 4.90 Å². The van der Waals surface area contributed by atoms with Crippen molar-refractivity contribution in [3.05, 3.63) is 59.7 Å². The van der Waals surface area contributed by atoms with Gasteiger partial charge in [0.1, 0.15) is 0 Å². The third-order valence-corrected chi connectivity index (χ3v) is 5.54. The molecule has 0 atom stereocenters. The van der Waals surface area contributed by atoms with E-state index < -0.39 is 11.8 Å². The molecule has 0 aliphatic carbocycles. The number of piperazine rings is 1. The molecule has 1 aliphatic rings. The zero-order valence-electron chi connectivity index (χ0n) is 18.8. The molecule has 3 heterocycles. The summed E-state index contributed by atoms with van der Waals surface area (Å²) in [6.45, 7) is 5.91. The second kappa shape index (κ2) is 9.22. The van der Waals surface area contributed by atoms with Crippen LogP contribution in [0.5, 0.6) is 0 Å². The number of urea groups is 1. The predicted octanol–water partition coefficient (Wildman–Crippen LogP) is 3.93. The van der Waals surface area contributed by atoms with Crippen LogP contribution >= 0.6 is 0 Å². The van der Waals surface area contributed by atoms with Crippen molar-refractivity contribution in [3.8, 4) is 11.5 Å². The maximum Gasteiger partial charge on any atom is 0.324 e. The van der Waals surface area contributed by atoms with Gasteiger partial charge in [-0.25, -0.2) is 4.79 Å². The third kappa shape index (κ3) is 5.33. The molecule has 1 aliphatic heterocycles. The number of hydrogen-bond acceptors (Lipinski definition) is 6. The van der Waals surface area contributed by atoms with E-state index in [2.05, 4.69) is 20.1 Å². The van der Waals surface area contributed by atoms with Crippen LogP contribution in [-0.4, -0.2) is 64.2 Å². The molecule has 174 valence electrons. The number of aromatic nitrogens is 3. The highest BCUT2D eigenvalue weighted by molar-refractivity contribution is 5.92. The second-order valence-corrected chi connectivity index (χ2v) is 8.33. The van der Waals surface area contributed by atoms with Crippen LogP contribution in [0.1, 0.15) is 24.1 Å². The Labute approximate surface area is 190 Å². The van der Waals surface area contributed by atoms with Crippen molar-refractivity contribution in [2.24, 2.45) is 0 Å². The summed E-state index contributed by atoms with van der Waals surface area (Å²) in [5, 5.41) is 7.09. The number of rotatable bonds is 5. The van der Waals surface area contributed by atoms with E-state index in [1.807, 2.05) is 43.1 Å². The summed E-state index contributed by atoms with van der Waals surface area (Å²) >= 11 is 0. The first-order valence-electron chi connectivity index (χ1n) is 10.7. The maximum absolute atomic E-state index is 13.4. The van der Waals surface area contributed by atoms with Crippen LogP contribution in [0.15, 0.2) is 47.0 Å². The van der Waals surface area contributed by atoms with E-state index in [0.29, 0.717) is 31.3 Å². The van der Waals surface area contributed by atoms with E-state index >= 15 is 0 Å². The van der Waals surface area contributed by atoms with Crippen molar-refractivity contribution in [2.45, 2.75) is 26.3 Å². The minimum Gasteiger partial charge on any atom is -0.415 e. The number of benzene rings is 1. The fourth-order valence-corrected chi connectivity index (χ4v) is 3.49. The number of carbonyl (C=O) groups is 1. The number of aryl methyl sites for hydroxylation is 1. The van der Waals surface area contributed by atoms with Crippen molar-refractivity contribution >= 4 is 11.7 Å². The van der Waals surface area contributed by atoms with E-state index in [0.717, 1.165) is 24.3 Å². The molecule has 2 amide bonds. The first kappa shape index (κ1) is 22.8. The van der Waals surface area contributed by atoms with Gasteiger partial charge in [0.25, 0.3) is 5.89 Å². The van der Waals surface area contributed by atoms with Gasteiger partial charge in [-0.1, -0.05) is 17.7 Å². The van der Waals surface area contributed by atoms with Crippen LogP contribution in [0.2, 0.25) is 0 Å². The third-order valence-electron chi connectivity index (χ3n) is 5.54. The normalized spacial score (nSPS) is 15.0. The largest absolute Gasteiger partial charge is 0.415 e. The lowest BCUT2D eigenvalue weighted by Crippen LogP contribution is -2.52. The molecule has 0 N–H and O–H groups in total. The molecule has 1 fully saturated rings. The van der Waals surface area contributed by atoms with Crippen molar-refractivity contribution in [2.75, 3.05) is 38.1 Å². The van der Waals surface area contributed by atoms with Gasteiger partial charge >= 0.3 is 12.0 Å². The molecular weight excluding hydrogens is 430 g/mol. The Morgan fingerprint density at radius 2 is 1.79 bits per heavy atom. The monoisotopic (exact) mass is 456 g/mol. The summed E-state index contributed by atoms with van der Waals surface area (Å²) in [5.41, 5.74) is 2.95. The minimum atomic E-state index is -3.21. The van der Waals surface area contributed by atoms with E-state index in [1.54, 1.807) is 17.0 Å². The summed E-state index contributed by atoms with van der Waals surface area (Å²) in [5.74, 6) is -3.99. The fraction of sp³-hybridized carbons (Fsp3) is 0.391.